The van der Waals surface area contributed by atoms with Crippen LogP contribution in [0.1, 0.15) is 31.4 Å². The number of aryl methyl sites for hydroxylation is 2. The van der Waals surface area contributed by atoms with Crippen LogP contribution in [0.2, 0.25) is 0 Å². The van der Waals surface area contributed by atoms with Crippen LogP contribution in [0, 0.1) is 13.8 Å². The zero-order valence-corrected chi connectivity index (χ0v) is 15.5. The number of benzene rings is 4. The lowest BCUT2D eigenvalue weighted by Crippen LogP contribution is -1.89. The highest BCUT2D eigenvalue weighted by molar-refractivity contribution is 6.25. The van der Waals surface area contributed by atoms with E-state index in [2.05, 4.69) is 88.4 Å². The van der Waals surface area contributed by atoms with E-state index >= 15 is 0 Å². The fraction of sp³-hybridized carbons (Fsp3) is 0.200. The largest absolute Gasteiger partial charge is 0.0656 e. The standard InChI is InChI=1S/C22H16.C3H8/c1-13-10-11-15-6-3-4-7-16(15)20(13)21-14(2)12-19-17-8-5-9-18(21)22(17)19;1-3-2/h3-12H,1-2H3;3H2,1-2H3. The van der Waals surface area contributed by atoms with E-state index in [9.17, 15) is 0 Å². The van der Waals surface area contributed by atoms with Gasteiger partial charge in [-0.05, 0) is 68.8 Å². The first-order chi connectivity index (χ1) is 12.2. The average molecular weight is 324 g/mol. The van der Waals surface area contributed by atoms with Crippen molar-refractivity contribution in [2.45, 2.75) is 34.1 Å². The second kappa shape index (κ2) is 6.04. The third kappa shape index (κ3) is 2.44. The van der Waals surface area contributed by atoms with Crippen LogP contribution in [0.5, 0.6) is 0 Å². The average Bonchev–Trinajstić information content (AvgIpc) is 3.31. The second-order valence-electron chi connectivity index (χ2n) is 7.03. The summed E-state index contributed by atoms with van der Waals surface area (Å²) in [6.45, 7) is 8.72. The van der Waals surface area contributed by atoms with Gasteiger partial charge < -0.3 is 0 Å². The van der Waals surface area contributed by atoms with E-state index in [1.807, 2.05) is 0 Å². The number of fused-ring (bicyclic) bond motifs is 2. The van der Waals surface area contributed by atoms with E-state index in [0.717, 1.165) is 0 Å². The fourth-order valence-corrected chi connectivity index (χ4v) is 3.91. The van der Waals surface area contributed by atoms with Crippen LogP contribution in [-0.2, 0) is 0 Å². The first kappa shape index (κ1) is 15.9. The Hall–Kier alpha value is -2.60. The van der Waals surface area contributed by atoms with Gasteiger partial charge in [0.05, 0.1) is 0 Å². The van der Waals surface area contributed by atoms with E-state index in [4.69, 9.17) is 0 Å². The minimum Gasteiger partial charge on any atom is -0.0656 e. The van der Waals surface area contributed by atoms with E-state index in [-0.39, 0.29) is 0 Å². The minimum absolute atomic E-state index is 1.25. The van der Waals surface area contributed by atoms with Gasteiger partial charge in [0, 0.05) is 0 Å². The molecule has 0 amide bonds. The Morgan fingerprint density at radius 2 is 1.32 bits per heavy atom. The number of hydrogen-bond acceptors (Lipinski definition) is 0. The molecular weight excluding hydrogens is 300 g/mol. The maximum Gasteiger partial charge on any atom is -0.00199 e. The van der Waals surface area contributed by atoms with Crippen LogP contribution in [0.25, 0.3) is 43.8 Å². The highest BCUT2D eigenvalue weighted by Gasteiger charge is 2.25. The maximum atomic E-state index is 2.36. The van der Waals surface area contributed by atoms with E-state index in [1.54, 1.807) is 0 Å². The molecule has 0 N–H and O–H groups in total. The molecule has 0 saturated heterocycles. The van der Waals surface area contributed by atoms with Gasteiger partial charge in [-0.1, -0.05) is 80.9 Å². The molecular formula is C25H24. The molecule has 0 heteroatoms. The van der Waals surface area contributed by atoms with Crippen molar-refractivity contribution in [3.63, 3.8) is 0 Å². The number of hydrogen-bond donors (Lipinski definition) is 0. The van der Waals surface area contributed by atoms with Gasteiger partial charge in [0.2, 0.25) is 0 Å². The summed E-state index contributed by atoms with van der Waals surface area (Å²) in [4.78, 5) is 0. The summed E-state index contributed by atoms with van der Waals surface area (Å²) in [6.07, 6.45) is 1.25. The van der Waals surface area contributed by atoms with Crippen molar-refractivity contribution in [1.82, 2.24) is 0 Å². The van der Waals surface area contributed by atoms with Crippen LogP contribution in [-0.4, -0.2) is 0 Å². The Morgan fingerprint density at radius 1 is 0.640 bits per heavy atom. The molecule has 0 radical (unpaired) electrons. The van der Waals surface area contributed by atoms with Crippen LogP contribution in [0.3, 0.4) is 0 Å². The number of rotatable bonds is 1. The first-order valence-corrected chi connectivity index (χ1v) is 9.22. The third-order valence-electron chi connectivity index (χ3n) is 4.97. The normalized spacial score (nSPS) is 11.4. The molecule has 1 aliphatic carbocycles. The van der Waals surface area contributed by atoms with Crippen molar-refractivity contribution in [2.24, 2.45) is 0 Å². The van der Waals surface area contributed by atoms with Crippen LogP contribution < -0.4 is 0 Å². The summed E-state index contributed by atoms with van der Waals surface area (Å²) in [7, 11) is 0. The highest BCUT2D eigenvalue weighted by atomic mass is 14.3. The van der Waals surface area contributed by atoms with Crippen LogP contribution in [0.15, 0.2) is 60.7 Å². The van der Waals surface area contributed by atoms with Gasteiger partial charge in [0.1, 0.15) is 0 Å². The topological polar surface area (TPSA) is 0 Å². The summed E-state index contributed by atoms with van der Waals surface area (Å²) < 4.78 is 0. The van der Waals surface area contributed by atoms with Gasteiger partial charge in [0.15, 0.2) is 0 Å². The van der Waals surface area contributed by atoms with E-state index < -0.39 is 0 Å². The SMILES string of the molecule is CCC.Cc1ccc2ccccc2c1-c1c(C)cc2c3c-2cccc13. The lowest BCUT2D eigenvalue weighted by molar-refractivity contribution is 1.09. The molecule has 0 bridgehead atoms. The van der Waals surface area contributed by atoms with E-state index in [0.29, 0.717) is 0 Å². The molecule has 0 unspecified atom stereocenters. The Kier molecular flexibility index (Phi) is 3.84. The first-order valence-electron chi connectivity index (χ1n) is 9.22. The van der Waals surface area contributed by atoms with Crippen LogP contribution >= 0.6 is 0 Å². The lowest BCUT2D eigenvalue weighted by atomic mass is 9.89. The van der Waals surface area contributed by atoms with Crippen LogP contribution in [0.4, 0.5) is 0 Å². The molecule has 0 heterocycles. The summed E-state index contributed by atoms with van der Waals surface area (Å²) >= 11 is 0. The highest BCUT2D eigenvalue weighted by Crippen LogP contribution is 2.52. The Morgan fingerprint density at radius 3 is 2.12 bits per heavy atom. The molecule has 25 heavy (non-hydrogen) atoms. The molecule has 0 aromatic heterocycles. The monoisotopic (exact) mass is 324 g/mol. The van der Waals surface area contributed by atoms with Gasteiger partial charge in [-0.15, -0.1) is 0 Å². The van der Waals surface area contributed by atoms with Crippen molar-refractivity contribution in [3.8, 4) is 22.3 Å². The van der Waals surface area contributed by atoms with Gasteiger partial charge >= 0.3 is 0 Å². The molecule has 5 rings (SSSR count). The smallest absolute Gasteiger partial charge is 0.00199 e. The predicted molar refractivity (Wildman–Crippen MR) is 111 cm³/mol. The molecule has 0 aliphatic heterocycles. The molecule has 0 nitrogen and oxygen atoms in total. The summed E-state index contributed by atoms with van der Waals surface area (Å²) in [5, 5.41) is 5.55. The van der Waals surface area contributed by atoms with Crippen molar-refractivity contribution < 1.29 is 0 Å². The molecule has 1 aliphatic rings. The molecule has 0 spiro atoms. The molecule has 4 aromatic carbocycles. The molecule has 4 aromatic rings. The van der Waals surface area contributed by atoms with Gasteiger partial charge in [-0.25, -0.2) is 0 Å². The van der Waals surface area contributed by atoms with Crippen molar-refractivity contribution in [2.75, 3.05) is 0 Å². The minimum atomic E-state index is 1.25. The predicted octanol–water partition coefficient (Wildman–Crippen LogP) is 7.67. The third-order valence-corrected chi connectivity index (χ3v) is 4.97. The van der Waals surface area contributed by atoms with Gasteiger partial charge in [0.25, 0.3) is 0 Å². The molecule has 124 valence electrons. The quantitative estimate of drug-likeness (QED) is 0.297. The summed E-state index contributed by atoms with van der Waals surface area (Å²) in [5.41, 5.74) is 8.41. The Labute approximate surface area is 150 Å². The van der Waals surface area contributed by atoms with Crippen molar-refractivity contribution in [1.29, 1.82) is 0 Å². The lowest BCUT2D eigenvalue weighted by Gasteiger charge is -2.14. The zero-order valence-electron chi connectivity index (χ0n) is 15.5. The Bertz CT molecular complexity index is 1080. The van der Waals surface area contributed by atoms with E-state index in [1.165, 1.54) is 61.3 Å². The van der Waals surface area contributed by atoms with Gasteiger partial charge in [-0.3, -0.25) is 0 Å². The van der Waals surface area contributed by atoms with Crippen molar-refractivity contribution >= 4 is 21.5 Å². The maximum absolute atomic E-state index is 2.36. The Balaban J connectivity index is 0.000000490. The fourth-order valence-electron chi connectivity index (χ4n) is 3.91. The summed E-state index contributed by atoms with van der Waals surface area (Å²) in [6, 6.07) is 22.2. The zero-order chi connectivity index (χ0) is 17.6. The molecule has 0 atom stereocenters. The summed E-state index contributed by atoms with van der Waals surface area (Å²) in [5.74, 6) is 0. The van der Waals surface area contributed by atoms with Gasteiger partial charge in [-0.2, -0.15) is 0 Å². The second-order valence-corrected chi connectivity index (χ2v) is 7.03. The van der Waals surface area contributed by atoms with Crippen molar-refractivity contribution in [3.05, 3.63) is 71.8 Å². The molecule has 0 fully saturated rings. The molecule has 0 saturated carbocycles.